The van der Waals surface area contributed by atoms with E-state index in [-0.39, 0.29) is 0 Å². The fourth-order valence-corrected chi connectivity index (χ4v) is 4.47. The van der Waals surface area contributed by atoms with Gasteiger partial charge < -0.3 is 10.2 Å². The topological polar surface area (TPSA) is 40.5 Å². The summed E-state index contributed by atoms with van der Waals surface area (Å²) in [5.41, 5.74) is 3.04. The second-order valence-electron chi connectivity index (χ2n) is 10.7. The van der Waals surface area contributed by atoms with Crippen LogP contribution in [0.1, 0.15) is 115 Å². The third-order valence-electron chi connectivity index (χ3n) is 7.11. The molecule has 0 aliphatic heterocycles. The third kappa shape index (κ3) is 9.71. The second-order valence-corrected chi connectivity index (χ2v) is 10.7. The summed E-state index contributed by atoms with van der Waals surface area (Å²) in [5, 5.41) is 20.8. The highest BCUT2D eigenvalue weighted by Gasteiger charge is 2.14. The van der Waals surface area contributed by atoms with E-state index >= 15 is 0 Å². The number of phenols is 2. The highest BCUT2D eigenvalue weighted by atomic mass is 16.3. The Bertz CT molecular complexity index is 657. The van der Waals surface area contributed by atoms with E-state index in [1.807, 2.05) is 26.8 Å². The van der Waals surface area contributed by atoms with Crippen LogP contribution in [0.25, 0.3) is 6.08 Å². The average Bonchev–Trinajstić information content (AvgIpc) is 2.70. The first kappa shape index (κ1) is 27.6. The molecule has 3 atom stereocenters. The van der Waals surface area contributed by atoms with Crippen LogP contribution in [0.15, 0.2) is 6.08 Å². The maximum atomic E-state index is 10.5. The molecule has 0 radical (unpaired) electrons. The van der Waals surface area contributed by atoms with Crippen molar-refractivity contribution in [2.24, 2.45) is 23.7 Å². The maximum Gasteiger partial charge on any atom is 0.126 e. The highest BCUT2D eigenvalue weighted by molar-refractivity contribution is 5.68. The van der Waals surface area contributed by atoms with Crippen molar-refractivity contribution in [1.29, 1.82) is 0 Å². The summed E-state index contributed by atoms with van der Waals surface area (Å²) >= 11 is 0. The van der Waals surface area contributed by atoms with Crippen LogP contribution in [0.4, 0.5) is 0 Å². The molecule has 0 aliphatic carbocycles. The molecule has 0 saturated carbocycles. The van der Waals surface area contributed by atoms with Crippen LogP contribution < -0.4 is 0 Å². The van der Waals surface area contributed by atoms with Crippen LogP contribution in [0.2, 0.25) is 0 Å². The Morgan fingerprint density at radius 2 is 1.06 bits per heavy atom. The molecule has 2 nitrogen and oxygen atoms in total. The van der Waals surface area contributed by atoms with Gasteiger partial charge in [0.2, 0.25) is 0 Å². The minimum absolute atomic E-state index is 0.295. The van der Waals surface area contributed by atoms with E-state index in [9.17, 15) is 10.2 Å². The Hall–Kier alpha value is -1.44. The molecule has 31 heavy (non-hydrogen) atoms. The van der Waals surface area contributed by atoms with Crippen LogP contribution >= 0.6 is 0 Å². The summed E-state index contributed by atoms with van der Waals surface area (Å²) in [7, 11) is 0. The number of hydrogen-bond acceptors (Lipinski definition) is 2. The Morgan fingerprint density at radius 1 is 0.613 bits per heavy atom. The Balaban J connectivity index is 2.34. The van der Waals surface area contributed by atoms with Gasteiger partial charge in [0, 0.05) is 11.1 Å². The van der Waals surface area contributed by atoms with E-state index in [4.69, 9.17) is 0 Å². The number of hydrogen-bond donors (Lipinski definition) is 2. The molecular weight excluding hydrogens is 380 g/mol. The van der Waals surface area contributed by atoms with Crippen LogP contribution in [0.3, 0.4) is 0 Å². The minimum atomic E-state index is 0.295. The van der Waals surface area contributed by atoms with Crippen molar-refractivity contribution in [2.45, 2.75) is 113 Å². The molecule has 1 rings (SSSR count). The van der Waals surface area contributed by atoms with Crippen molar-refractivity contribution in [3.05, 3.63) is 28.3 Å². The van der Waals surface area contributed by atoms with E-state index in [2.05, 4.69) is 40.7 Å². The zero-order valence-corrected chi connectivity index (χ0v) is 21.7. The lowest BCUT2D eigenvalue weighted by Crippen LogP contribution is -2.01. The maximum absolute atomic E-state index is 10.5. The van der Waals surface area contributed by atoms with Crippen LogP contribution in [-0.2, 0) is 0 Å². The lowest BCUT2D eigenvalue weighted by Gasteiger charge is -2.16. The summed E-state index contributed by atoms with van der Waals surface area (Å²) in [6.07, 6.45) is 16.2. The lowest BCUT2D eigenvalue weighted by atomic mass is 9.91. The predicted molar refractivity (Wildman–Crippen MR) is 137 cm³/mol. The van der Waals surface area contributed by atoms with E-state index < -0.39 is 0 Å². The monoisotopic (exact) mass is 430 g/mol. The molecule has 2 N–H and O–H groups in total. The minimum Gasteiger partial charge on any atom is -0.507 e. The summed E-state index contributed by atoms with van der Waals surface area (Å²) in [6, 6.07) is 0. The van der Waals surface area contributed by atoms with Gasteiger partial charge in [-0.1, -0.05) is 98.1 Å². The quantitative estimate of drug-likeness (QED) is 0.289. The normalized spacial score (nSPS) is 15.0. The fraction of sp³-hybridized carbons (Fsp3) is 0.724. The highest BCUT2D eigenvalue weighted by Crippen LogP contribution is 2.37. The van der Waals surface area contributed by atoms with E-state index in [0.717, 1.165) is 40.0 Å². The Morgan fingerprint density at radius 3 is 1.58 bits per heavy atom. The van der Waals surface area contributed by atoms with Crippen molar-refractivity contribution >= 4 is 6.08 Å². The van der Waals surface area contributed by atoms with Gasteiger partial charge >= 0.3 is 0 Å². The lowest BCUT2D eigenvalue weighted by molar-refractivity contribution is 0.383. The van der Waals surface area contributed by atoms with Crippen molar-refractivity contribution in [2.75, 3.05) is 0 Å². The van der Waals surface area contributed by atoms with E-state index in [0.29, 0.717) is 17.4 Å². The van der Waals surface area contributed by atoms with Gasteiger partial charge in [0.15, 0.2) is 0 Å². The van der Waals surface area contributed by atoms with Crippen LogP contribution in [0, 0.1) is 44.4 Å². The van der Waals surface area contributed by atoms with Crippen molar-refractivity contribution in [3.8, 4) is 11.5 Å². The van der Waals surface area contributed by atoms with Gasteiger partial charge in [-0.3, -0.25) is 0 Å². The molecule has 0 aromatic heterocycles. The van der Waals surface area contributed by atoms with Crippen LogP contribution in [0.5, 0.6) is 11.5 Å². The molecule has 0 fully saturated rings. The van der Waals surface area contributed by atoms with E-state index in [1.54, 1.807) is 0 Å². The van der Waals surface area contributed by atoms with Gasteiger partial charge in [-0.15, -0.1) is 0 Å². The molecule has 0 amide bonds. The predicted octanol–water partition coefficient (Wildman–Crippen LogP) is 9.11. The first-order valence-electron chi connectivity index (χ1n) is 12.7. The molecule has 2 heteroatoms. The summed E-state index contributed by atoms with van der Waals surface area (Å²) in [6.45, 7) is 17.3. The molecule has 0 bridgehead atoms. The molecule has 0 saturated heterocycles. The third-order valence-corrected chi connectivity index (χ3v) is 7.11. The van der Waals surface area contributed by atoms with Gasteiger partial charge in [-0.25, -0.2) is 0 Å². The van der Waals surface area contributed by atoms with Gasteiger partial charge in [-0.05, 0) is 62.0 Å². The molecule has 0 aliphatic rings. The fourth-order valence-electron chi connectivity index (χ4n) is 4.47. The first-order valence-corrected chi connectivity index (χ1v) is 12.7. The summed E-state index contributed by atoms with van der Waals surface area (Å²) in [5.74, 6) is 3.58. The van der Waals surface area contributed by atoms with Gasteiger partial charge in [-0.2, -0.15) is 0 Å². The Labute approximate surface area is 193 Å². The van der Waals surface area contributed by atoms with Gasteiger partial charge in [0.05, 0.1) is 0 Å². The standard InChI is InChI=1S/C29H50O2/c1-20(2)12-9-13-21(3)14-10-15-22(4)16-11-17-23(5)18-19-27-26(8)28(30)24(6)25(7)29(27)31/h18-23,30-31H,9-17H2,1-8H3/b19-18+. The SMILES string of the molecule is Cc1c(C)c(O)c(/C=C/C(C)CCCC(C)CCCC(C)CCCC(C)C)c(C)c1O. The summed E-state index contributed by atoms with van der Waals surface area (Å²) < 4.78 is 0. The largest absolute Gasteiger partial charge is 0.507 e. The van der Waals surface area contributed by atoms with Gasteiger partial charge in [0.25, 0.3) is 0 Å². The van der Waals surface area contributed by atoms with Crippen molar-refractivity contribution < 1.29 is 10.2 Å². The first-order chi connectivity index (χ1) is 14.5. The number of phenolic OH excluding ortho intramolecular Hbond substituents is 2. The second kappa shape index (κ2) is 13.9. The molecule has 1 aromatic rings. The zero-order valence-electron chi connectivity index (χ0n) is 21.7. The molecule has 1 aromatic carbocycles. The number of benzene rings is 1. The smallest absolute Gasteiger partial charge is 0.126 e. The van der Waals surface area contributed by atoms with Crippen molar-refractivity contribution in [1.82, 2.24) is 0 Å². The molecule has 0 heterocycles. The van der Waals surface area contributed by atoms with Crippen LogP contribution in [-0.4, -0.2) is 10.2 Å². The van der Waals surface area contributed by atoms with Gasteiger partial charge in [0.1, 0.15) is 11.5 Å². The molecular formula is C29H50O2. The molecule has 0 spiro atoms. The number of allylic oxidation sites excluding steroid dienone is 1. The number of aromatic hydroxyl groups is 2. The van der Waals surface area contributed by atoms with Crippen molar-refractivity contribution in [3.63, 3.8) is 0 Å². The van der Waals surface area contributed by atoms with E-state index in [1.165, 1.54) is 57.8 Å². The molecule has 3 unspecified atom stereocenters. The summed E-state index contributed by atoms with van der Waals surface area (Å²) in [4.78, 5) is 0. The average molecular weight is 431 g/mol. The molecule has 178 valence electrons. The zero-order chi connectivity index (χ0) is 23.6. The number of rotatable bonds is 14. The Kier molecular flexibility index (Phi) is 12.3.